The number of benzene rings is 1. The first kappa shape index (κ1) is 13.2. The summed E-state index contributed by atoms with van der Waals surface area (Å²) in [6.07, 6.45) is 5.66. The van der Waals surface area contributed by atoms with Gasteiger partial charge in [0.2, 0.25) is 0 Å². The highest BCUT2D eigenvalue weighted by Gasteiger charge is 2.43. The molecule has 2 aliphatic heterocycles. The summed E-state index contributed by atoms with van der Waals surface area (Å²) in [7, 11) is 0. The van der Waals surface area contributed by atoms with Crippen LogP contribution in [0, 0.1) is 11.3 Å². The molecule has 2 saturated heterocycles. The third-order valence-corrected chi connectivity index (χ3v) is 5.32. The topological polar surface area (TPSA) is 3.24 Å². The smallest absolute Gasteiger partial charge is 0.0239 e. The van der Waals surface area contributed by atoms with Crippen molar-refractivity contribution in [1.29, 1.82) is 0 Å². The second-order valence-electron chi connectivity index (χ2n) is 7.58. The molecule has 1 heteroatoms. The molecule has 2 fully saturated rings. The highest BCUT2D eigenvalue weighted by Crippen LogP contribution is 2.45. The molecule has 2 aliphatic rings. The molecule has 0 saturated carbocycles. The van der Waals surface area contributed by atoms with Gasteiger partial charge in [0.25, 0.3) is 0 Å². The number of nitrogens with zero attached hydrogens (tertiary/aromatic N) is 1. The zero-order valence-corrected chi connectivity index (χ0v) is 12.6. The maximum Gasteiger partial charge on any atom is 0.0239 e. The van der Waals surface area contributed by atoms with Crippen LogP contribution in [0.5, 0.6) is 0 Å². The Hall–Kier alpha value is -0.820. The third-order valence-electron chi connectivity index (χ3n) is 5.32. The SMILES string of the molecule is CC(C)(C)C1CC2CCC(C1)N2Cc1ccccc1. The van der Waals surface area contributed by atoms with E-state index in [1.165, 1.54) is 31.2 Å². The Morgan fingerprint density at radius 2 is 1.58 bits per heavy atom. The number of hydrogen-bond donors (Lipinski definition) is 0. The summed E-state index contributed by atoms with van der Waals surface area (Å²) in [6, 6.07) is 12.7. The Balaban J connectivity index is 1.70. The average Bonchev–Trinajstić information content (AvgIpc) is 2.61. The van der Waals surface area contributed by atoms with Crippen LogP contribution < -0.4 is 0 Å². The minimum absolute atomic E-state index is 0.486. The maximum absolute atomic E-state index is 2.79. The van der Waals surface area contributed by atoms with Crippen LogP contribution >= 0.6 is 0 Å². The summed E-state index contributed by atoms with van der Waals surface area (Å²) in [5, 5.41) is 0. The maximum atomic E-state index is 2.79. The van der Waals surface area contributed by atoms with Crippen LogP contribution in [-0.2, 0) is 6.54 Å². The fourth-order valence-corrected chi connectivity index (χ4v) is 4.03. The highest BCUT2D eigenvalue weighted by atomic mass is 15.2. The van der Waals surface area contributed by atoms with Crippen molar-refractivity contribution in [2.24, 2.45) is 11.3 Å². The first-order valence-corrected chi connectivity index (χ1v) is 7.84. The summed E-state index contributed by atoms with van der Waals surface area (Å²) in [5.41, 5.74) is 1.97. The van der Waals surface area contributed by atoms with Gasteiger partial charge in [-0.1, -0.05) is 51.1 Å². The van der Waals surface area contributed by atoms with Gasteiger partial charge in [-0.2, -0.15) is 0 Å². The molecule has 0 aromatic heterocycles. The molecule has 2 unspecified atom stereocenters. The molecule has 2 heterocycles. The number of piperidine rings is 1. The van der Waals surface area contributed by atoms with Gasteiger partial charge in [-0.3, -0.25) is 4.90 Å². The second kappa shape index (κ2) is 4.94. The van der Waals surface area contributed by atoms with Gasteiger partial charge in [0.15, 0.2) is 0 Å². The number of fused-ring (bicyclic) bond motifs is 2. The summed E-state index contributed by atoms with van der Waals surface area (Å²) in [4.78, 5) is 2.79. The molecule has 1 aromatic carbocycles. The molecule has 0 radical (unpaired) electrons. The monoisotopic (exact) mass is 257 g/mol. The molecule has 0 N–H and O–H groups in total. The fourth-order valence-electron chi connectivity index (χ4n) is 4.03. The summed E-state index contributed by atoms with van der Waals surface area (Å²) >= 11 is 0. The minimum Gasteiger partial charge on any atom is -0.293 e. The molecule has 19 heavy (non-hydrogen) atoms. The van der Waals surface area contributed by atoms with E-state index in [9.17, 15) is 0 Å². The Kier molecular flexibility index (Phi) is 3.42. The van der Waals surface area contributed by atoms with Crippen molar-refractivity contribution in [1.82, 2.24) is 4.90 Å². The first-order chi connectivity index (χ1) is 9.04. The lowest BCUT2D eigenvalue weighted by molar-refractivity contribution is 0.0495. The molecule has 1 nitrogen and oxygen atoms in total. The highest BCUT2D eigenvalue weighted by molar-refractivity contribution is 5.15. The van der Waals surface area contributed by atoms with E-state index in [1.807, 2.05) is 0 Å². The van der Waals surface area contributed by atoms with E-state index in [1.54, 1.807) is 0 Å². The van der Waals surface area contributed by atoms with Gasteiger partial charge in [0.05, 0.1) is 0 Å². The molecular weight excluding hydrogens is 230 g/mol. The van der Waals surface area contributed by atoms with Gasteiger partial charge in [0, 0.05) is 18.6 Å². The van der Waals surface area contributed by atoms with Crippen molar-refractivity contribution < 1.29 is 0 Å². The molecule has 0 aliphatic carbocycles. The lowest BCUT2D eigenvalue weighted by Crippen LogP contribution is -2.45. The largest absolute Gasteiger partial charge is 0.293 e. The van der Waals surface area contributed by atoms with Crippen molar-refractivity contribution in [3.05, 3.63) is 35.9 Å². The van der Waals surface area contributed by atoms with Crippen LogP contribution in [0.2, 0.25) is 0 Å². The van der Waals surface area contributed by atoms with E-state index in [0.717, 1.165) is 24.5 Å². The van der Waals surface area contributed by atoms with Crippen LogP contribution in [0.4, 0.5) is 0 Å². The Morgan fingerprint density at radius 3 is 2.11 bits per heavy atom. The van der Waals surface area contributed by atoms with Crippen molar-refractivity contribution in [2.45, 2.75) is 65.1 Å². The molecule has 0 spiro atoms. The van der Waals surface area contributed by atoms with Crippen molar-refractivity contribution in [2.75, 3.05) is 0 Å². The normalized spacial score (nSPS) is 31.6. The zero-order valence-electron chi connectivity index (χ0n) is 12.6. The van der Waals surface area contributed by atoms with E-state index in [2.05, 4.69) is 56.0 Å². The van der Waals surface area contributed by atoms with E-state index < -0.39 is 0 Å². The van der Waals surface area contributed by atoms with Crippen LogP contribution in [0.15, 0.2) is 30.3 Å². The summed E-state index contributed by atoms with van der Waals surface area (Å²) in [5.74, 6) is 0.914. The Bertz CT molecular complexity index is 403. The van der Waals surface area contributed by atoms with Gasteiger partial charge < -0.3 is 0 Å². The lowest BCUT2D eigenvalue weighted by atomic mass is 9.73. The van der Waals surface area contributed by atoms with Crippen molar-refractivity contribution >= 4 is 0 Å². The van der Waals surface area contributed by atoms with Crippen molar-refractivity contribution in [3.8, 4) is 0 Å². The number of rotatable bonds is 2. The molecule has 1 aromatic rings. The third kappa shape index (κ3) is 2.72. The van der Waals surface area contributed by atoms with Gasteiger partial charge in [-0.05, 0) is 42.6 Å². The second-order valence-corrected chi connectivity index (χ2v) is 7.58. The van der Waals surface area contributed by atoms with Gasteiger partial charge in [-0.25, -0.2) is 0 Å². The quantitative estimate of drug-likeness (QED) is 0.755. The Morgan fingerprint density at radius 1 is 1.00 bits per heavy atom. The molecular formula is C18H27N. The average molecular weight is 257 g/mol. The molecule has 2 bridgehead atoms. The number of hydrogen-bond acceptors (Lipinski definition) is 1. The van der Waals surface area contributed by atoms with Gasteiger partial charge in [0.1, 0.15) is 0 Å². The Labute approximate surface area is 118 Å². The molecule has 3 rings (SSSR count). The standard InChI is InChI=1S/C18H27N/c1-18(2,3)15-11-16-9-10-17(12-15)19(16)13-14-7-5-4-6-8-14/h4-8,15-17H,9-13H2,1-3H3. The van der Waals surface area contributed by atoms with E-state index >= 15 is 0 Å². The molecule has 0 amide bonds. The van der Waals surface area contributed by atoms with Crippen LogP contribution in [0.25, 0.3) is 0 Å². The molecule has 104 valence electrons. The van der Waals surface area contributed by atoms with Gasteiger partial charge in [-0.15, -0.1) is 0 Å². The first-order valence-electron chi connectivity index (χ1n) is 7.84. The fraction of sp³-hybridized carbons (Fsp3) is 0.667. The van der Waals surface area contributed by atoms with E-state index in [4.69, 9.17) is 0 Å². The minimum atomic E-state index is 0.486. The van der Waals surface area contributed by atoms with Crippen molar-refractivity contribution in [3.63, 3.8) is 0 Å². The van der Waals surface area contributed by atoms with Crippen LogP contribution in [-0.4, -0.2) is 17.0 Å². The van der Waals surface area contributed by atoms with Crippen LogP contribution in [0.3, 0.4) is 0 Å². The van der Waals surface area contributed by atoms with E-state index in [0.29, 0.717) is 5.41 Å². The zero-order chi connectivity index (χ0) is 13.5. The molecule has 2 atom stereocenters. The van der Waals surface area contributed by atoms with E-state index in [-0.39, 0.29) is 0 Å². The predicted molar refractivity (Wildman–Crippen MR) is 81.0 cm³/mol. The van der Waals surface area contributed by atoms with Crippen LogP contribution in [0.1, 0.15) is 52.0 Å². The lowest BCUT2D eigenvalue weighted by Gasteiger charge is -2.44. The van der Waals surface area contributed by atoms with Gasteiger partial charge >= 0.3 is 0 Å². The summed E-state index contributed by atoms with van der Waals surface area (Å²) in [6.45, 7) is 8.42. The predicted octanol–water partition coefficient (Wildman–Crippen LogP) is 4.48. The summed E-state index contributed by atoms with van der Waals surface area (Å²) < 4.78 is 0.